The minimum atomic E-state index is -3.69. The van der Waals surface area contributed by atoms with Crippen molar-refractivity contribution < 1.29 is 22.7 Å². The van der Waals surface area contributed by atoms with Gasteiger partial charge in [0.2, 0.25) is 15.9 Å². The highest BCUT2D eigenvalue weighted by atomic mass is 35.5. The third-order valence-corrected chi connectivity index (χ3v) is 4.26. The van der Waals surface area contributed by atoms with Gasteiger partial charge in [0.05, 0.1) is 16.3 Å². The molecule has 0 saturated carbocycles. The van der Waals surface area contributed by atoms with Crippen molar-refractivity contribution in [2.45, 2.75) is 45.3 Å². The van der Waals surface area contributed by atoms with Crippen LogP contribution in [0.15, 0.2) is 18.2 Å². The van der Waals surface area contributed by atoms with Crippen LogP contribution in [-0.4, -0.2) is 38.3 Å². The van der Waals surface area contributed by atoms with E-state index in [2.05, 4.69) is 5.32 Å². The van der Waals surface area contributed by atoms with Crippen LogP contribution in [0.25, 0.3) is 0 Å². The van der Waals surface area contributed by atoms with Crippen LogP contribution >= 0.6 is 23.2 Å². The number of amides is 2. The van der Waals surface area contributed by atoms with E-state index in [1.807, 2.05) is 4.72 Å². The van der Waals surface area contributed by atoms with Gasteiger partial charge in [0.1, 0.15) is 5.60 Å². The SMILES string of the molecule is CC(C)(C)OC(=O)N[C@@H](CC(=O)NS(C)(=O)=O)Cc1ccc(Cl)c(Cl)c1. The Labute approximate surface area is 163 Å². The van der Waals surface area contributed by atoms with E-state index in [1.54, 1.807) is 39.0 Å². The Hall–Kier alpha value is -1.51. The molecule has 0 heterocycles. The minimum absolute atomic E-state index is 0.229. The average Bonchev–Trinajstić information content (AvgIpc) is 2.38. The summed E-state index contributed by atoms with van der Waals surface area (Å²) in [4.78, 5) is 23.9. The van der Waals surface area contributed by atoms with Crippen LogP contribution in [0.5, 0.6) is 0 Å². The molecule has 7 nitrogen and oxygen atoms in total. The van der Waals surface area contributed by atoms with Gasteiger partial charge in [-0.15, -0.1) is 0 Å². The van der Waals surface area contributed by atoms with Gasteiger partial charge in [-0.1, -0.05) is 29.3 Å². The Morgan fingerprint density at radius 2 is 1.81 bits per heavy atom. The van der Waals surface area contributed by atoms with Crippen LogP contribution in [-0.2, 0) is 26.0 Å². The Morgan fingerprint density at radius 3 is 2.31 bits per heavy atom. The van der Waals surface area contributed by atoms with Gasteiger partial charge >= 0.3 is 6.09 Å². The van der Waals surface area contributed by atoms with Crippen molar-refractivity contribution in [1.29, 1.82) is 0 Å². The molecule has 146 valence electrons. The highest BCUT2D eigenvalue weighted by Crippen LogP contribution is 2.23. The lowest BCUT2D eigenvalue weighted by Crippen LogP contribution is -2.43. The van der Waals surface area contributed by atoms with Gasteiger partial charge in [0.15, 0.2) is 0 Å². The summed E-state index contributed by atoms with van der Waals surface area (Å²) in [5.74, 6) is -0.742. The number of nitrogens with one attached hydrogen (secondary N) is 2. The number of carbonyl (C=O) groups is 2. The second kappa shape index (κ2) is 8.92. The predicted molar refractivity (Wildman–Crippen MR) is 101 cm³/mol. The van der Waals surface area contributed by atoms with Gasteiger partial charge in [-0.05, 0) is 44.9 Å². The molecule has 0 unspecified atom stereocenters. The zero-order valence-corrected chi connectivity index (χ0v) is 17.3. The Bertz CT molecular complexity index is 775. The summed E-state index contributed by atoms with van der Waals surface area (Å²) in [5.41, 5.74) is 0.000334. The molecule has 0 spiro atoms. The van der Waals surface area contributed by atoms with E-state index in [-0.39, 0.29) is 12.8 Å². The molecule has 2 N–H and O–H groups in total. The van der Waals surface area contributed by atoms with Gasteiger partial charge in [0.25, 0.3) is 0 Å². The molecule has 1 aromatic rings. The predicted octanol–water partition coefficient (Wildman–Crippen LogP) is 2.90. The van der Waals surface area contributed by atoms with Crippen molar-refractivity contribution in [2.75, 3.05) is 6.26 Å². The molecule has 0 fully saturated rings. The first-order chi connectivity index (χ1) is 11.7. The topological polar surface area (TPSA) is 102 Å². The maximum absolute atomic E-state index is 12.0. The third-order valence-electron chi connectivity index (χ3n) is 2.92. The van der Waals surface area contributed by atoms with Crippen molar-refractivity contribution in [3.8, 4) is 0 Å². The zero-order valence-electron chi connectivity index (χ0n) is 14.9. The Kier molecular flexibility index (Phi) is 7.73. The summed E-state index contributed by atoms with van der Waals surface area (Å²) in [6.45, 7) is 5.12. The van der Waals surface area contributed by atoms with Crippen LogP contribution < -0.4 is 10.0 Å². The van der Waals surface area contributed by atoms with Crippen LogP contribution in [0.2, 0.25) is 10.0 Å². The number of hydrogen-bond donors (Lipinski definition) is 2. The van der Waals surface area contributed by atoms with Crippen molar-refractivity contribution >= 4 is 45.2 Å². The highest BCUT2D eigenvalue weighted by Gasteiger charge is 2.23. The van der Waals surface area contributed by atoms with Gasteiger partial charge in [-0.2, -0.15) is 0 Å². The Morgan fingerprint density at radius 1 is 1.19 bits per heavy atom. The van der Waals surface area contributed by atoms with Crippen LogP contribution in [0.3, 0.4) is 0 Å². The molecule has 0 bridgehead atoms. The van der Waals surface area contributed by atoms with E-state index in [9.17, 15) is 18.0 Å². The van der Waals surface area contributed by atoms with Crippen molar-refractivity contribution in [2.24, 2.45) is 0 Å². The van der Waals surface area contributed by atoms with Crippen LogP contribution in [0.1, 0.15) is 32.8 Å². The summed E-state index contributed by atoms with van der Waals surface area (Å²) in [6, 6.07) is 4.21. The molecule has 1 aromatic carbocycles. The maximum Gasteiger partial charge on any atom is 0.407 e. The van der Waals surface area contributed by atoms with Crippen LogP contribution in [0.4, 0.5) is 4.79 Å². The first-order valence-electron chi connectivity index (χ1n) is 7.69. The number of ether oxygens (including phenoxy) is 1. The van der Waals surface area contributed by atoms with Gasteiger partial charge in [-0.3, -0.25) is 9.52 Å². The third kappa shape index (κ3) is 9.26. The quantitative estimate of drug-likeness (QED) is 0.730. The lowest BCUT2D eigenvalue weighted by Gasteiger charge is -2.23. The van der Waals surface area contributed by atoms with Crippen molar-refractivity contribution in [3.63, 3.8) is 0 Å². The largest absolute Gasteiger partial charge is 0.444 e. The van der Waals surface area contributed by atoms with E-state index in [0.717, 1.165) is 6.26 Å². The summed E-state index contributed by atoms with van der Waals surface area (Å²) < 4.78 is 29.5. The lowest BCUT2D eigenvalue weighted by atomic mass is 10.0. The fourth-order valence-electron chi connectivity index (χ4n) is 2.07. The number of hydrogen-bond acceptors (Lipinski definition) is 5. The van der Waals surface area contributed by atoms with Crippen molar-refractivity contribution in [3.05, 3.63) is 33.8 Å². The second-order valence-corrected chi connectivity index (χ2v) is 9.36. The summed E-state index contributed by atoms with van der Waals surface area (Å²) >= 11 is 11.9. The highest BCUT2D eigenvalue weighted by molar-refractivity contribution is 7.89. The van der Waals surface area contributed by atoms with E-state index in [4.69, 9.17) is 27.9 Å². The van der Waals surface area contributed by atoms with Gasteiger partial charge in [-0.25, -0.2) is 13.2 Å². The molecule has 0 radical (unpaired) electrons. The molecular formula is C16H22Cl2N2O5S. The normalized spacial score (nSPS) is 13.0. The molecule has 0 aliphatic carbocycles. The molecule has 0 aliphatic heterocycles. The van der Waals surface area contributed by atoms with Crippen LogP contribution in [0, 0.1) is 0 Å². The van der Waals surface area contributed by atoms with E-state index < -0.39 is 33.7 Å². The average molecular weight is 425 g/mol. The van der Waals surface area contributed by atoms with E-state index >= 15 is 0 Å². The number of halogens is 2. The zero-order chi connectivity index (χ0) is 20.1. The van der Waals surface area contributed by atoms with E-state index in [1.165, 1.54) is 0 Å². The lowest BCUT2D eigenvalue weighted by molar-refractivity contribution is -0.119. The first-order valence-corrected chi connectivity index (χ1v) is 10.3. The number of rotatable bonds is 6. The number of carbonyl (C=O) groups excluding carboxylic acids is 2. The fourth-order valence-corrected chi connectivity index (χ4v) is 2.89. The smallest absolute Gasteiger partial charge is 0.407 e. The summed E-state index contributed by atoms with van der Waals surface area (Å²) in [5, 5.41) is 3.29. The van der Waals surface area contributed by atoms with Gasteiger partial charge in [0, 0.05) is 12.5 Å². The number of sulfonamides is 1. The molecule has 0 saturated heterocycles. The Balaban J connectivity index is 2.91. The fraction of sp³-hybridized carbons (Fsp3) is 0.500. The molecule has 0 aromatic heterocycles. The molecular weight excluding hydrogens is 403 g/mol. The molecule has 1 atom stereocenters. The number of alkyl carbamates (subject to hydrolysis) is 1. The molecule has 10 heteroatoms. The molecule has 0 aliphatic rings. The first kappa shape index (κ1) is 22.5. The summed E-state index contributed by atoms with van der Waals surface area (Å²) in [6.07, 6.45) is 0.134. The van der Waals surface area contributed by atoms with Gasteiger partial charge < -0.3 is 10.1 Å². The minimum Gasteiger partial charge on any atom is -0.444 e. The standard InChI is InChI=1S/C16H22Cl2N2O5S/c1-16(2,3)25-15(22)19-11(9-14(21)20-26(4,23)24)7-10-5-6-12(17)13(18)8-10/h5-6,8,11H,7,9H2,1-4H3,(H,19,22)(H,20,21)/t11-/m1/s1. The van der Waals surface area contributed by atoms with E-state index in [0.29, 0.717) is 15.6 Å². The monoisotopic (exact) mass is 424 g/mol. The summed E-state index contributed by atoms with van der Waals surface area (Å²) in [7, 11) is -3.69. The second-order valence-electron chi connectivity index (χ2n) is 6.80. The number of benzene rings is 1. The molecule has 26 heavy (non-hydrogen) atoms. The van der Waals surface area contributed by atoms with Crippen molar-refractivity contribution in [1.82, 2.24) is 10.0 Å². The maximum atomic E-state index is 12.0. The molecule has 1 rings (SSSR count). The molecule has 2 amide bonds.